The van der Waals surface area contributed by atoms with Crippen LogP contribution in [0.15, 0.2) is 53.4 Å². The monoisotopic (exact) mass is 336 g/mol. The normalized spacial score (nSPS) is 11.2. The average molecular weight is 336 g/mol. The SMILES string of the molecule is COc1ccc(OCCCOS(=O)(=O)c2ccc(C)cc2)cc1. The van der Waals surface area contributed by atoms with E-state index in [1.807, 2.05) is 6.92 Å². The summed E-state index contributed by atoms with van der Waals surface area (Å²) < 4.78 is 39.5. The van der Waals surface area contributed by atoms with Crippen molar-refractivity contribution in [2.24, 2.45) is 0 Å². The van der Waals surface area contributed by atoms with Gasteiger partial charge in [-0.25, -0.2) is 0 Å². The highest BCUT2D eigenvalue weighted by molar-refractivity contribution is 7.86. The summed E-state index contributed by atoms with van der Waals surface area (Å²) in [5, 5.41) is 0. The molecule has 0 heterocycles. The van der Waals surface area contributed by atoms with Crippen molar-refractivity contribution in [2.45, 2.75) is 18.2 Å². The van der Waals surface area contributed by atoms with Gasteiger partial charge in [-0.2, -0.15) is 8.42 Å². The van der Waals surface area contributed by atoms with Crippen LogP contribution >= 0.6 is 0 Å². The Morgan fingerprint density at radius 2 is 1.48 bits per heavy atom. The highest BCUT2D eigenvalue weighted by Gasteiger charge is 2.14. The summed E-state index contributed by atoms with van der Waals surface area (Å²) in [6.07, 6.45) is 0.469. The molecule has 0 amide bonds. The van der Waals surface area contributed by atoms with Gasteiger partial charge in [0.25, 0.3) is 10.1 Å². The predicted molar refractivity (Wildman–Crippen MR) is 87.4 cm³/mol. The zero-order chi connectivity index (χ0) is 16.7. The minimum Gasteiger partial charge on any atom is -0.497 e. The van der Waals surface area contributed by atoms with E-state index in [0.717, 1.165) is 11.3 Å². The van der Waals surface area contributed by atoms with Crippen molar-refractivity contribution in [3.8, 4) is 11.5 Å². The molecular formula is C17H20O5S. The van der Waals surface area contributed by atoms with E-state index in [1.165, 1.54) is 0 Å². The summed E-state index contributed by atoms with van der Waals surface area (Å²) in [5.74, 6) is 1.46. The molecule has 124 valence electrons. The molecule has 0 aliphatic rings. The van der Waals surface area contributed by atoms with Crippen LogP contribution in [-0.2, 0) is 14.3 Å². The Labute approximate surface area is 136 Å². The summed E-state index contributed by atoms with van der Waals surface area (Å²) in [6, 6.07) is 13.7. The third-order valence-electron chi connectivity index (χ3n) is 3.16. The number of hydrogen-bond acceptors (Lipinski definition) is 5. The third-order valence-corrected chi connectivity index (χ3v) is 4.49. The Morgan fingerprint density at radius 1 is 0.870 bits per heavy atom. The maximum Gasteiger partial charge on any atom is 0.296 e. The van der Waals surface area contributed by atoms with E-state index in [2.05, 4.69) is 0 Å². The Balaban J connectivity index is 1.75. The molecule has 0 atom stereocenters. The van der Waals surface area contributed by atoms with Gasteiger partial charge >= 0.3 is 0 Å². The number of rotatable bonds is 8. The predicted octanol–water partition coefficient (Wildman–Crippen LogP) is 3.18. The van der Waals surface area contributed by atoms with Gasteiger partial charge in [0.05, 0.1) is 25.2 Å². The third kappa shape index (κ3) is 5.26. The number of methoxy groups -OCH3 is 1. The molecule has 2 rings (SSSR count). The Hall–Kier alpha value is -2.05. The Morgan fingerprint density at radius 3 is 2.09 bits per heavy atom. The van der Waals surface area contributed by atoms with Gasteiger partial charge in [0.2, 0.25) is 0 Å². The molecule has 0 bridgehead atoms. The molecule has 0 radical (unpaired) electrons. The summed E-state index contributed by atoms with van der Waals surface area (Å²) >= 11 is 0. The van der Waals surface area contributed by atoms with Crippen LogP contribution in [0.3, 0.4) is 0 Å². The number of benzene rings is 2. The molecule has 0 fully saturated rings. The van der Waals surface area contributed by atoms with Crippen LogP contribution in [0.2, 0.25) is 0 Å². The zero-order valence-corrected chi connectivity index (χ0v) is 14.0. The molecule has 0 N–H and O–H groups in total. The van der Waals surface area contributed by atoms with Gasteiger partial charge < -0.3 is 9.47 Å². The molecule has 2 aromatic rings. The van der Waals surface area contributed by atoms with Crippen LogP contribution < -0.4 is 9.47 Å². The van der Waals surface area contributed by atoms with E-state index >= 15 is 0 Å². The second-order valence-corrected chi connectivity index (χ2v) is 6.58. The Kier molecular flexibility index (Phi) is 6.01. The fourth-order valence-electron chi connectivity index (χ4n) is 1.86. The van der Waals surface area contributed by atoms with Crippen LogP contribution in [0.25, 0.3) is 0 Å². The minimum absolute atomic E-state index is 0.0758. The van der Waals surface area contributed by atoms with Crippen LogP contribution in [0, 0.1) is 6.92 Å². The Bertz CT molecular complexity index is 706. The van der Waals surface area contributed by atoms with Gasteiger partial charge in [0.15, 0.2) is 0 Å². The molecule has 0 saturated heterocycles. The molecule has 0 aliphatic carbocycles. The summed E-state index contributed by atoms with van der Waals surface area (Å²) in [5.41, 5.74) is 0.997. The molecule has 0 aromatic heterocycles. The summed E-state index contributed by atoms with van der Waals surface area (Å²) in [7, 11) is -2.10. The highest BCUT2D eigenvalue weighted by Crippen LogP contribution is 2.17. The zero-order valence-electron chi connectivity index (χ0n) is 13.2. The summed E-state index contributed by atoms with van der Waals surface area (Å²) in [6.45, 7) is 2.34. The van der Waals surface area contributed by atoms with E-state index in [-0.39, 0.29) is 11.5 Å². The van der Waals surface area contributed by atoms with E-state index in [1.54, 1.807) is 55.6 Å². The maximum atomic E-state index is 12.0. The fourth-order valence-corrected chi connectivity index (χ4v) is 2.81. The van der Waals surface area contributed by atoms with Crippen LogP contribution in [0.1, 0.15) is 12.0 Å². The van der Waals surface area contributed by atoms with Crippen molar-refractivity contribution in [1.82, 2.24) is 0 Å². The molecule has 6 heteroatoms. The second-order valence-electron chi connectivity index (χ2n) is 4.97. The standard InChI is InChI=1S/C17H20O5S/c1-14-4-10-17(11-5-14)23(18,19)22-13-3-12-21-16-8-6-15(20-2)7-9-16/h4-11H,3,12-13H2,1-2H3. The summed E-state index contributed by atoms with van der Waals surface area (Å²) in [4.78, 5) is 0.166. The number of ether oxygens (including phenoxy) is 2. The minimum atomic E-state index is -3.70. The molecule has 0 aliphatic heterocycles. The van der Waals surface area contributed by atoms with Gasteiger partial charge in [-0.1, -0.05) is 17.7 Å². The van der Waals surface area contributed by atoms with Gasteiger partial charge in [0.1, 0.15) is 11.5 Å². The quantitative estimate of drug-likeness (QED) is 0.547. The first-order valence-electron chi connectivity index (χ1n) is 7.24. The lowest BCUT2D eigenvalue weighted by atomic mass is 10.2. The van der Waals surface area contributed by atoms with Gasteiger partial charge in [0, 0.05) is 6.42 Å². The topological polar surface area (TPSA) is 61.8 Å². The van der Waals surface area contributed by atoms with Crippen molar-refractivity contribution in [1.29, 1.82) is 0 Å². The number of aryl methyl sites for hydroxylation is 1. The van der Waals surface area contributed by atoms with Gasteiger partial charge in [-0.3, -0.25) is 4.18 Å². The van der Waals surface area contributed by atoms with E-state index in [9.17, 15) is 8.42 Å². The lowest BCUT2D eigenvalue weighted by molar-refractivity contribution is 0.250. The molecule has 0 saturated carbocycles. The van der Waals surface area contributed by atoms with Crippen LogP contribution in [0.4, 0.5) is 0 Å². The lowest BCUT2D eigenvalue weighted by Gasteiger charge is -2.08. The second kappa shape index (κ2) is 7.99. The number of hydrogen-bond donors (Lipinski definition) is 0. The molecule has 5 nitrogen and oxygen atoms in total. The van der Waals surface area contributed by atoms with Crippen LogP contribution in [0.5, 0.6) is 11.5 Å². The first-order valence-corrected chi connectivity index (χ1v) is 8.65. The van der Waals surface area contributed by atoms with Crippen LogP contribution in [-0.4, -0.2) is 28.7 Å². The highest BCUT2D eigenvalue weighted by atomic mass is 32.2. The van der Waals surface area contributed by atoms with Crippen molar-refractivity contribution in [3.05, 3.63) is 54.1 Å². The largest absolute Gasteiger partial charge is 0.497 e. The van der Waals surface area contributed by atoms with E-state index in [0.29, 0.717) is 18.8 Å². The first kappa shape index (κ1) is 17.3. The molecular weight excluding hydrogens is 316 g/mol. The van der Waals surface area contributed by atoms with Crippen molar-refractivity contribution in [2.75, 3.05) is 20.3 Å². The lowest BCUT2D eigenvalue weighted by Crippen LogP contribution is -2.10. The first-order chi connectivity index (χ1) is 11.0. The van der Waals surface area contributed by atoms with E-state index < -0.39 is 10.1 Å². The van der Waals surface area contributed by atoms with E-state index in [4.69, 9.17) is 13.7 Å². The average Bonchev–Trinajstić information content (AvgIpc) is 2.55. The van der Waals surface area contributed by atoms with Crippen molar-refractivity contribution >= 4 is 10.1 Å². The maximum absolute atomic E-state index is 12.0. The van der Waals surface area contributed by atoms with Crippen molar-refractivity contribution < 1.29 is 22.1 Å². The smallest absolute Gasteiger partial charge is 0.296 e. The molecule has 2 aromatic carbocycles. The molecule has 0 unspecified atom stereocenters. The van der Waals surface area contributed by atoms with Gasteiger partial charge in [-0.15, -0.1) is 0 Å². The van der Waals surface area contributed by atoms with Gasteiger partial charge in [-0.05, 0) is 43.3 Å². The van der Waals surface area contributed by atoms with Crippen molar-refractivity contribution in [3.63, 3.8) is 0 Å². The fraction of sp³-hybridized carbons (Fsp3) is 0.294. The molecule has 0 spiro atoms. The molecule has 23 heavy (non-hydrogen) atoms.